The molecule has 1 unspecified atom stereocenters. The van der Waals surface area contributed by atoms with E-state index < -0.39 is 12.1 Å². The van der Waals surface area contributed by atoms with E-state index >= 15 is 0 Å². The number of aliphatic hydroxyl groups is 1. The molecule has 36 valence electrons. The van der Waals surface area contributed by atoms with Crippen molar-refractivity contribution in [2.45, 2.75) is 13.0 Å². The van der Waals surface area contributed by atoms with Crippen molar-refractivity contribution in [2.24, 2.45) is 0 Å². The second-order valence-corrected chi connectivity index (χ2v) is 0.995. The Morgan fingerprint density at radius 2 is 1.88 bits per heavy atom. The van der Waals surface area contributed by atoms with Gasteiger partial charge in [0.1, 0.15) is 0 Å². The molecular weight excluding hydrogens is 134 g/mol. The van der Waals surface area contributed by atoms with Crippen molar-refractivity contribution in [3.8, 4) is 0 Å². The van der Waals surface area contributed by atoms with E-state index in [1.807, 2.05) is 0 Å². The van der Waals surface area contributed by atoms with Crippen LogP contribution < -0.4 is 34.7 Å². The van der Waals surface area contributed by atoms with Crippen molar-refractivity contribution in [3.63, 3.8) is 0 Å². The fourth-order valence-electron chi connectivity index (χ4n) is 0. The molecule has 0 aromatic heterocycles. The number of rotatable bonds is 1. The average molecular weight is 139 g/mol. The van der Waals surface area contributed by atoms with Gasteiger partial charge in [0.15, 0.2) is 0 Å². The Morgan fingerprint density at radius 3 is 1.88 bits per heavy atom. The summed E-state index contributed by atoms with van der Waals surface area (Å²) >= 11 is 0. The first-order chi connectivity index (χ1) is 2.64. The third-order valence-corrected chi connectivity index (χ3v) is 0.341. The summed E-state index contributed by atoms with van der Waals surface area (Å²) in [6.45, 7) is 1.13. The summed E-state index contributed by atoms with van der Waals surface area (Å²) in [6.07, 6.45) is -1.34. The number of carboxylic acid groups (broad SMARTS) is 1. The zero-order valence-corrected chi connectivity index (χ0v) is 8.07. The Bertz CT molecular complexity index is 65.5. The Labute approximate surface area is 80.5 Å². The van der Waals surface area contributed by atoms with Gasteiger partial charge in [0, 0.05) is 0 Å². The van der Waals surface area contributed by atoms with Crippen LogP contribution in [0.3, 0.4) is 0 Å². The van der Waals surface area contributed by atoms with Crippen molar-refractivity contribution in [1.82, 2.24) is 0 Å². The summed E-state index contributed by atoms with van der Waals surface area (Å²) in [7, 11) is 0. The predicted octanol–water partition coefficient (Wildman–Crippen LogP) is -5.26. The number of aliphatic hydroxyl groups excluding tert-OH is 1. The van der Waals surface area contributed by atoms with Gasteiger partial charge in [0.05, 0.1) is 12.1 Å². The van der Waals surface area contributed by atoms with E-state index in [0.29, 0.717) is 0 Å². The second-order valence-electron chi connectivity index (χ2n) is 0.995. The fraction of sp³-hybridized carbons (Fsp3) is 0.667. The summed E-state index contributed by atoms with van der Waals surface area (Å²) in [6, 6.07) is 0. The molecule has 0 aliphatic carbocycles. The van der Waals surface area contributed by atoms with Crippen LogP contribution in [0.2, 0.25) is 0 Å². The van der Waals surface area contributed by atoms with Crippen LogP contribution in [-0.4, -0.2) is 34.5 Å². The molecule has 1 atom stereocenters. The summed E-state index contributed by atoms with van der Waals surface area (Å²) in [5, 5.41) is 17.3. The topological polar surface area (TPSA) is 60.4 Å². The molecule has 8 heavy (non-hydrogen) atoms. The van der Waals surface area contributed by atoms with Gasteiger partial charge in [-0.05, 0) is 6.92 Å². The molecule has 0 rings (SSSR count). The Balaban J connectivity index is -0.000000125. The van der Waals surface area contributed by atoms with E-state index in [9.17, 15) is 9.90 Å². The van der Waals surface area contributed by atoms with E-state index in [1.54, 1.807) is 0 Å². The average Bonchev–Trinajstić information content (AvgIpc) is 1.36. The van der Waals surface area contributed by atoms with Gasteiger partial charge in [-0.25, -0.2) is 0 Å². The monoisotopic (exact) mass is 139 g/mol. The minimum Gasteiger partial charge on any atom is -0.547 e. The standard InChI is InChI=1S/C3H6O3.Al.Na/c1-2(4)3(5)6;;/h2,4H,1H3,(H,5,6);;/q;+3;+1/p-1. The molecule has 3 nitrogen and oxygen atoms in total. The summed E-state index contributed by atoms with van der Waals surface area (Å²) in [5.41, 5.74) is 0. The van der Waals surface area contributed by atoms with E-state index in [2.05, 4.69) is 0 Å². The molecule has 0 aliphatic heterocycles. The maximum absolute atomic E-state index is 9.34. The molecule has 0 aromatic rings. The molecule has 0 saturated heterocycles. The zero-order valence-electron chi connectivity index (χ0n) is 4.92. The van der Waals surface area contributed by atoms with Crippen molar-refractivity contribution < 1.29 is 44.6 Å². The first-order valence-electron chi connectivity index (χ1n) is 1.53. The first kappa shape index (κ1) is 16.0. The maximum atomic E-state index is 9.34. The minimum atomic E-state index is -1.44. The van der Waals surface area contributed by atoms with Crippen LogP contribution in [0.1, 0.15) is 6.92 Å². The third kappa shape index (κ3) is 10.1. The number of hydrogen-bond acceptors (Lipinski definition) is 3. The first-order valence-corrected chi connectivity index (χ1v) is 1.53. The number of carbonyl (C=O) groups excluding carboxylic acids is 1. The van der Waals surface area contributed by atoms with Crippen LogP contribution in [0.25, 0.3) is 0 Å². The molecule has 0 radical (unpaired) electrons. The zero-order chi connectivity index (χ0) is 5.15. The Kier molecular flexibility index (Phi) is 15.9. The van der Waals surface area contributed by atoms with E-state index in [4.69, 9.17) is 5.11 Å². The van der Waals surface area contributed by atoms with Gasteiger partial charge in [-0.15, -0.1) is 0 Å². The second kappa shape index (κ2) is 7.96. The number of carbonyl (C=O) groups is 1. The van der Waals surface area contributed by atoms with Crippen molar-refractivity contribution >= 4 is 23.3 Å². The number of hydrogen-bond donors (Lipinski definition) is 1. The third-order valence-electron chi connectivity index (χ3n) is 0.341. The Hall–Kier alpha value is 0.962. The normalized spacial score (nSPS) is 10.2. The van der Waals surface area contributed by atoms with Crippen LogP contribution in [0, 0.1) is 0 Å². The van der Waals surface area contributed by atoms with Crippen LogP contribution in [-0.2, 0) is 4.79 Å². The van der Waals surface area contributed by atoms with Gasteiger partial charge in [-0.1, -0.05) is 0 Å². The molecule has 0 aliphatic rings. The molecule has 0 amide bonds. The molecular formula is C3H5AlNaO3+3. The van der Waals surface area contributed by atoms with Gasteiger partial charge < -0.3 is 15.0 Å². The van der Waals surface area contributed by atoms with Crippen molar-refractivity contribution in [2.75, 3.05) is 0 Å². The van der Waals surface area contributed by atoms with Crippen LogP contribution >= 0.6 is 0 Å². The van der Waals surface area contributed by atoms with Crippen LogP contribution in [0.5, 0.6) is 0 Å². The number of carboxylic acids is 1. The van der Waals surface area contributed by atoms with Gasteiger partial charge in [-0.3, -0.25) is 0 Å². The molecule has 0 spiro atoms. The fourth-order valence-corrected chi connectivity index (χ4v) is 0. The molecule has 0 fully saturated rings. The van der Waals surface area contributed by atoms with Gasteiger partial charge >= 0.3 is 46.9 Å². The van der Waals surface area contributed by atoms with E-state index in [-0.39, 0.29) is 46.9 Å². The molecule has 1 N–H and O–H groups in total. The molecule has 5 heteroatoms. The predicted molar refractivity (Wildman–Crippen MR) is 22.4 cm³/mol. The van der Waals surface area contributed by atoms with Crippen molar-refractivity contribution in [1.29, 1.82) is 0 Å². The minimum absolute atomic E-state index is 0. The van der Waals surface area contributed by atoms with Gasteiger partial charge in [0.25, 0.3) is 0 Å². The van der Waals surface area contributed by atoms with E-state index in [1.165, 1.54) is 0 Å². The van der Waals surface area contributed by atoms with Gasteiger partial charge in [0.2, 0.25) is 0 Å². The number of aliphatic carboxylic acids is 1. The van der Waals surface area contributed by atoms with Crippen LogP contribution in [0.15, 0.2) is 0 Å². The molecule has 0 heterocycles. The molecule has 0 aromatic carbocycles. The Morgan fingerprint density at radius 1 is 1.75 bits per heavy atom. The SMILES string of the molecule is CC(O)C(=O)[O-].[Al+3].[Na+]. The molecule has 0 bridgehead atoms. The summed E-state index contributed by atoms with van der Waals surface area (Å²) in [5.74, 6) is -1.44. The largest absolute Gasteiger partial charge is 3.00 e. The summed E-state index contributed by atoms with van der Waals surface area (Å²) in [4.78, 5) is 9.34. The van der Waals surface area contributed by atoms with E-state index in [0.717, 1.165) is 6.92 Å². The quantitative estimate of drug-likeness (QED) is 0.369. The maximum Gasteiger partial charge on any atom is 3.00 e. The van der Waals surface area contributed by atoms with Crippen molar-refractivity contribution in [3.05, 3.63) is 0 Å². The van der Waals surface area contributed by atoms with Crippen LogP contribution in [0.4, 0.5) is 0 Å². The smallest absolute Gasteiger partial charge is 0.547 e. The van der Waals surface area contributed by atoms with Gasteiger partial charge in [-0.2, -0.15) is 0 Å². The molecule has 0 saturated carbocycles. The summed E-state index contributed by atoms with van der Waals surface area (Å²) < 4.78 is 0.